The van der Waals surface area contributed by atoms with Crippen molar-refractivity contribution in [1.29, 1.82) is 0 Å². The Hall–Kier alpha value is -2.36. The second-order valence-corrected chi connectivity index (χ2v) is 6.46. The van der Waals surface area contributed by atoms with E-state index in [-0.39, 0.29) is 12.3 Å². The quantitative estimate of drug-likeness (QED) is 0.873. The molecule has 0 aliphatic heterocycles. The van der Waals surface area contributed by atoms with Crippen molar-refractivity contribution in [3.63, 3.8) is 0 Å². The van der Waals surface area contributed by atoms with E-state index < -0.39 is 0 Å². The van der Waals surface area contributed by atoms with E-state index in [1.54, 1.807) is 18.3 Å². The molecule has 4 nitrogen and oxygen atoms in total. The summed E-state index contributed by atoms with van der Waals surface area (Å²) < 4.78 is 0. The van der Waals surface area contributed by atoms with E-state index >= 15 is 0 Å². The molecule has 1 aromatic carbocycles. The van der Waals surface area contributed by atoms with Crippen LogP contribution in [0, 0.1) is 0 Å². The summed E-state index contributed by atoms with van der Waals surface area (Å²) in [7, 11) is 0. The second-order valence-electron chi connectivity index (χ2n) is 6.46. The van der Waals surface area contributed by atoms with Crippen molar-refractivity contribution in [2.45, 2.75) is 46.0 Å². The zero-order valence-electron chi connectivity index (χ0n) is 14.3. The Morgan fingerprint density at radius 2 is 1.87 bits per heavy atom. The minimum Gasteiger partial charge on any atom is -0.397 e. The highest BCUT2D eigenvalue weighted by Gasteiger charge is 2.12. The van der Waals surface area contributed by atoms with E-state index in [2.05, 4.69) is 50.1 Å². The average Bonchev–Trinajstić information content (AvgIpc) is 2.49. The lowest BCUT2D eigenvalue weighted by Crippen LogP contribution is -2.16. The number of rotatable bonds is 5. The maximum absolute atomic E-state index is 12.3. The van der Waals surface area contributed by atoms with Crippen LogP contribution < -0.4 is 11.1 Å². The highest BCUT2D eigenvalue weighted by Crippen LogP contribution is 2.28. The monoisotopic (exact) mass is 311 g/mol. The summed E-state index contributed by atoms with van der Waals surface area (Å²) in [5.74, 6) is 0.747. The predicted octanol–water partition coefficient (Wildman–Crippen LogP) is 4.09. The van der Waals surface area contributed by atoms with Gasteiger partial charge in [-0.25, -0.2) is 0 Å². The number of carbonyl (C=O) groups is 1. The Labute approximate surface area is 138 Å². The normalized spacial score (nSPS) is 11.0. The fraction of sp³-hybridized carbons (Fsp3) is 0.368. The third-order valence-electron chi connectivity index (χ3n) is 3.83. The summed E-state index contributed by atoms with van der Waals surface area (Å²) in [5, 5.41) is 3.01. The van der Waals surface area contributed by atoms with Crippen LogP contribution in [0.2, 0.25) is 0 Å². The lowest BCUT2D eigenvalue weighted by molar-refractivity contribution is -0.115. The maximum Gasteiger partial charge on any atom is 0.230 e. The molecule has 1 heterocycles. The van der Waals surface area contributed by atoms with Crippen molar-refractivity contribution in [1.82, 2.24) is 4.98 Å². The first kappa shape index (κ1) is 17.0. The lowest BCUT2D eigenvalue weighted by Gasteiger charge is -2.17. The van der Waals surface area contributed by atoms with Gasteiger partial charge in [0.1, 0.15) is 0 Å². The Balaban J connectivity index is 2.15. The van der Waals surface area contributed by atoms with Crippen LogP contribution in [0.25, 0.3) is 0 Å². The van der Waals surface area contributed by atoms with Gasteiger partial charge in [-0.05, 0) is 41.2 Å². The number of hydrogen-bond acceptors (Lipinski definition) is 3. The highest BCUT2D eigenvalue weighted by molar-refractivity contribution is 5.93. The molecule has 122 valence electrons. The summed E-state index contributed by atoms with van der Waals surface area (Å²) in [6, 6.07) is 9.80. The molecule has 1 aromatic heterocycles. The standard InChI is InChI=1S/C19H25N3O/c1-12(2)14-5-8-18(17(9-14)13(3)4)22-19(23)10-16-7-6-15(20)11-21-16/h5-9,11-13H,10,20H2,1-4H3,(H,22,23). The number of carbonyl (C=O) groups excluding carboxylic acids is 1. The van der Waals surface area contributed by atoms with Crippen LogP contribution in [-0.4, -0.2) is 10.9 Å². The molecule has 0 aliphatic carbocycles. The van der Waals surface area contributed by atoms with Crippen LogP contribution in [0.1, 0.15) is 56.4 Å². The maximum atomic E-state index is 12.3. The van der Waals surface area contributed by atoms with Gasteiger partial charge in [0.15, 0.2) is 0 Å². The van der Waals surface area contributed by atoms with Crippen LogP contribution in [0.3, 0.4) is 0 Å². The van der Waals surface area contributed by atoms with Gasteiger partial charge in [-0.15, -0.1) is 0 Å². The van der Waals surface area contributed by atoms with E-state index in [4.69, 9.17) is 5.73 Å². The average molecular weight is 311 g/mol. The fourth-order valence-corrected chi connectivity index (χ4v) is 2.43. The Morgan fingerprint density at radius 3 is 2.43 bits per heavy atom. The summed E-state index contributed by atoms with van der Waals surface area (Å²) in [5.41, 5.74) is 10.2. The van der Waals surface area contributed by atoms with Gasteiger partial charge >= 0.3 is 0 Å². The number of amides is 1. The first-order valence-corrected chi connectivity index (χ1v) is 8.01. The molecule has 23 heavy (non-hydrogen) atoms. The summed E-state index contributed by atoms with van der Waals surface area (Å²) >= 11 is 0. The van der Waals surface area contributed by atoms with Gasteiger partial charge < -0.3 is 11.1 Å². The van der Waals surface area contributed by atoms with Gasteiger partial charge in [0.05, 0.1) is 18.3 Å². The summed E-state index contributed by atoms with van der Waals surface area (Å²) in [4.78, 5) is 16.4. The third-order valence-corrected chi connectivity index (χ3v) is 3.83. The molecule has 0 saturated carbocycles. The van der Waals surface area contributed by atoms with Crippen molar-refractivity contribution >= 4 is 17.3 Å². The minimum absolute atomic E-state index is 0.0681. The van der Waals surface area contributed by atoms with Crippen LogP contribution in [0.4, 0.5) is 11.4 Å². The molecule has 0 radical (unpaired) electrons. The topological polar surface area (TPSA) is 68.0 Å². The highest BCUT2D eigenvalue weighted by atomic mass is 16.1. The fourth-order valence-electron chi connectivity index (χ4n) is 2.43. The van der Waals surface area contributed by atoms with Gasteiger partial charge in [0.25, 0.3) is 0 Å². The molecule has 0 unspecified atom stereocenters. The van der Waals surface area contributed by atoms with Crippen molar-refractivity contribution < 1.29 is 4.79 Å². The number of nitrogens with one attached hydrogen (secondary N) is 1. The van der Waals surface area contributed by atoms with E-state index in [1.165, 1.54) is 5.56 Å². The molecule has 0 aliphatic rings. The number of hydrogen-bond donors (Lipinski definition) is 2. The molecule has 2 aromatic rings. The molecule has 0 fully saturated rings. The second kappa shape index (κ2) is 7.27. The Morgan fingerprint density at radius 1 is 1.13 bits per heavy atom. The molecule has 4 heteroatoms. The van der Waals surface area contributed by atoms with Crippen LogP contribution >= 0.6 is 0 Å². The van der Waals surface area contributed by atoms with E-state index in [0.717, 1.165) is 11.3 Å². The number of benzene rings is 1. The Bertz CT molecular complexity index is 676. The number of aromatic nitrogens is 1. The molecule has 2 rings (SSSR count). The molecule has 0 saturated heterocycles. The summed E-state index contributed by atoms with van der Waals surface area (Å²) in [6.07, 6.45) is 1.81. The predicted molar refractivity (Wildman–Crippen MR) is 95.6 cm³/mol. The number of nitrogens with zero attached hydrogens (tertiary/aromatic N) is 1. The van der Waals surface area contributed by atoms with Gasteiger partial charge in [-0.2, -0.15) is 0 Å². The largest absolute Gasteiger partial charge is 0.397 e. The molecular weight excluding hydrogens is 286 g/mol. The molecular formula is C19H25N3O. The zero-order valence-corrected chi connectivity index (χ0v) is 14.3. The summed E-state index contributed by atoms with van der Waals surface area (Å²) in [6.45, 7) is 8.61. The SMILES string of the molecule is CC(C)c1ccc(NC(=O)Cc2ccc(N)cn2)c(C(C)C)c1. The van der Waals surface area contributed by atoms with Crippen molar-refractivity contribution in [3.05, 3.63) is 53.3 Å². The minimum atomic E-state index is -0.0681. The third kappa shape index (κ3) is 4.55. The van der Waals surface area contributed by atoms with Crippen LogP contribution in [-0.2, 0) is 11.2 Å². The number of anilines is 2. The van der Waals surface area contributed by atoms with E-state index in [9.17, 15) is 4.79 Å². The zero-order chi connectivity index (χ0) is 17.0. The van der Waals surface area contributed by atoms with Gasteiger partial charge in [-0.3, -0.25) is 9.78 Å². The van der Waals surface area contributed by atoms with Crippen LogP contribution in [0.15, 0.2) is 36.5 Å². The van der Waals surface area contributed by atoms with Crippen molar-refractivity contribution in [2.24, 2.45) is 0 Å². The number of nitrogen functional groups attached to an aromatic ring is 1. The van der Waals surface area contributed by atoms with Crippen LogP contribution in [0.5, 0.6) is 0 Å². The van der Waals surface area contributed by atoms with Crippen molar-refractivity contribution in [2.75, 3.05) is 11.1 Å². The first-order valence-electron chi connectivity index (χ1n) is 8.01. The van der Waals surface area contributed by atoms with Gasteiger partial charge in [0.2, 0.25) is 5.91 Å². The lowest BCUT2D eigenvalue weighted by atomic mass is 9.94. The smallest absolute Gasteiger partial charge is 0.230 e. The van der Waals surface area contributed by atoms with E-state index in [0.29, 0.717) is 23.2 Å². The molecule has 3 N–H and O–H groups in total. The number of pyridine rings is 1. The molecule has 0 atom stereocenters. The van der Waals surface area contributed by atoms with E-state index in [1.807, 2.05) is 6.07 Å². The van der Waals surface area contributed by atoms with Gasteiger partial charge in [-0.1, -0.05) is 39.8 Å². The molecule has 0 spiro atoms. The van der Waals surface area contributed by atoms with Crippen molar-refractivity contribution in [3.8, 4) is 0 Å². The Kier molecular flexibility index (Phi) is 5.37. The molecule has 1 amide bonds. The number of nitrogens with two attached hydrogens (primary N) is 1. The molecule has 0 bridgehead atoms. The van der Waals surface area contributed by atoms with Gasteiger partial charge in [0, 0.05) is 11.4 Å². The first-order chi connectivity index (χ1) is 10.9.